The van der Waals surface area contributed by atoms with E-state index in [1.165, 1.54) is 54.7 Å². The fraction of sp³-hybridized carbons (Fsp3) is 0.120. The maximum absolute atomic E-state index is 13.7. The predicted octanol–water partition coefficient (Wildman–Crippen LogP) is 4.12. The normalized spacial score (nSPS) is 10.6. The highest BCUT2D eigenvalue weighted by molar-refractivity contribution is 6.39. The second-order valence-corrected chi connectivity index (χ2v) is 7.62. The first kappa shape index (κ1) is 27.1. The van der Waals surface area contributed by atoms with Crippen LogP contribution in [0.25, 0.3) is 0 Å². The van der Waals surface area contributed by atoms with Gasteiger partial charge in [0.25, 0.3) is 5.91 Å². The summed E-state index contributed by atoms with van der Waals surface area (Å²) in [4.78, 5) is 36.1. The van der Waals surface area contributed by atoms with Gasteiger partial charge in [-0.1, -0.05) is 35.9 Å². The van der Waals surface area contributed by atoms with Gasteiger partial charge in [0, 0.05) is 0 Å². The molecule has 0 aliphatic carbocycles. The fourth-order valence-corrected chi connectivity index (χ4v) is 3.18. The molecule has 3 amide bonds. The molecule has 0 bridgehead atoms. The smallest absolute Gasteiger partial charge is 0.329 e. The maximum atomic E-state index is 13.7. The molecule has 12 heteroatoms. The molecule has 0 heterocycles. The van der Waals surface area contributed by atoms with Crippen molar-refractivity contribution in [2.75, 3.05) is 23.8 Å². The van der Waals surface area contributed by atoms with Crippen molar-refractivity contribution in [3.05, 3.63) is 82.9 Å². The van der Waals surface area contributed by atoms with E-state index in [4.69, 9.17) is 21.1 Å². The third-order valence-electron chi connectivity index (χ3n) is 4.54. The summed E-state index contributed by atoms with van der Waals surface area (Å²) in [6, 6.07) is 13.9. The quantitative estimate of drug-likeness (QED) is 0.218. The third kappa shape index (κ3) is 7.74. The summed E-state index contributed by atoms with van der Waals surface area (Å²) in [5.74, 6) is -3.91. The molecule has 0 spiro atoms. The highest BCUT2D eigenvalue weighted by Crippen LogP contribution is 2.36. The maximum Gasteiger partial charge on any atom is 0.329 e. The molecule has 9 nitrogen and oxygen atoms in total. The van der Waals surface area contributed by atoms with Gasteiger partial charge < -0.3 is 20.1 Å². The van der Waals surface area contributed by atoms with Crippen molar-refractivity contribution >= 4 is 46.9 Å². The van der Waals surface area contributed by atoms with E-state index in [-0.39, 0.29) is 34.5 Å². The van der Waals surface area contributed by atoms with Crippen molar-refractivity contribution < 1.29 is 32.6 Å². The zero-order valence-electron chi connectivity index (χ0n) is 19.4. The Morgan fingerprint density at radius 1 is 0.919 bits per heavy atom. The molecule has 0 aromatic heterocycles. The second kappa shape index (κ2) is 13.0. The number of amides is 3. The Morgan fingerprint density at radius 3 is 2.16 bits per heavy atom. The van der Waals surface area contributed by atoms with Gasteiger partial charge in [0.2, 0.25) is 0 Å². The molecule has 3 N–H and O–H groups in total. The van der Waals surface area contributed by atoms with Crippen LogP contribution < -0.4 is 25.5 Å². The Kier molecular flexibility index (Phi) is 9.50. The van der Waals surface area contributed by atoms with E-state index in [1.807, 2.05) is 5.43 Å². The van der Waals surface area contributed by atoms with Gasteiger partial charge in [0.05, 0.1) is 29.2 Å². The summed E-state index contributed by atoms with van der Waals surface area (Å²) >= 11 is 6.29. The molecule has 0 unspecified atom stereocenters. The molecule has 0 aliphatic rings. The van der Waals surface area contributed by atoms with Crippen molar-refractivity contribution in [2.24, 2.45) is 5.10 Å². The Morgan fingerprint density at radius 2 is 1.54 bits per heavy atom. The molecular formula is C25H21ClF2N4O5. The van der Waals surface area contributed by atoms with Gasteiger partial charge >= 0.3 is 11.8 Å². The molecular weight excluding hydrogens is 510 g/mol. The summed E-state index contributed by atoms with van der Waals surface area (Å²) in [5.41, 5.74) is 2.24. The van der Waals surface area contributed by atoms with Crippen molar-refractivity contribution in [3.63, 3.8) is 0 Å². The lowest BCUT2D eigenvalue weighted by molar-refractivity contribution is -0.136. The van der Waals surface area contributed by atoms with E-state index in [0.29, 0.717) is 5.56 Å². The SMILES string of the molecule is CCOc1cc(/C=N\NC(=O)C(=O)Nc2ccccc2F)cc(Cl)c1OCC(=O)Nc1ccccc1F. The zero-order valence-corrected chi connectivity index (χ0v) is 20.1. The predicted molar refractivity (Wildman–Crippen MR) is 134 cm³/mol. The van der Waals surface area contributed by atoms with Crippen LogP contribution in [0.15, 0.2) is 65.8 Å². The molecule has 0 fully saturated rings. The molecule has 0 aliphatic heterocycles. The molecule has 3 aromatic carbocycles. The lowest BCUT2D eigenvalue weighted by atomic mass is 10.2. The lowest BCUT2D eigenvalue weighted by Crippen LogP contribution is -2.32. The third-order valence-corrected chi connectivity index (χ3v) is 4.82. The second-order valence-electron chi connectivity index (χ2n) is 7.21. The number of nitrogens with one attached hydrogen (secondary N) is 3. The number of carbonyl (C=O) groups excluding carboxylic acids is 3. The van der Waals surface area contributed by atoms with Crippen molar-refractivity contribution in [3.8, 4) is 11.5 Å². The number of hydrogen-bond acceptors (Lipinski definition) is 6. The summed E-state index contributed by atoms with van der Waals surface area (Å²) in [7, 11) is 0. The van der Waals surface area contributed by atoms with E-state index in [2.05, 4.69) is 15.7 Å². The van der Waals surface area contributed by atoms with Crippen molar-refractivity contribution in [2.45, 2.75) is 6.92 Å². The summed E-state index contributed by atoms with van der Waals surface area (Å²) in [6.07, 6.45) is 1.19. The van der Waals surface area contributed by atoms with Crippen molar-refractivity contribution in [1.29, 1.82) is 0 Å². The van der Waals surface area contributed by atoms with Crippen LogP contribution in [-0.2, 0) is 14.4 Å². The number of rotatable bonds is 9. The van der Waals surface area contributed by atoms with Crippen LogP contribution in [0, 0.1) is 11.6 Å². The van der Waals surface area contributed by atoms with Crippen LogP contribution in [0.4, 0.5) is 20.2 Å². The molecule has 0 saturated carbocycles. The molecule has 3 rings (SSSR count). The van der Waals surface area contributed by atoms with Crippen LogP contribution in [-0.4, -0.2) is 37.1 Å². The molecule has 37 heavy (non-hydrogen) atoms. The van der Waals surface area contributed by atoms with E-state index in [0.717, 1.165) is 6.07 Å². The first-order chi connectivity index (χ1) is 17.8. The number of hydrogen-bond donors (Lipinski definition) is 3. The molecule has 0 radical (unpaired) electrons. The number of anilines is 2. The van der Waals surface area contributed by atoms with E-state index < -0.39 is 36.0 Å². The van der Waals surface area contributed by atoms with Crippen LogP contribution in [0.5, 0.6) is 11.5 Å². The average molecular weight is 531 g/mol. The number of nitrogens with zero attached hydrogens (tertiary/aromatic N) is 1. The average Bonchev–Trinajstić information content (AvgIpc) is 2.86. The van der Waals surface area contributed by atoms with Crippen LogP contribution in [0.2, 0.25) is 5.02 Å². The van der Waals surface area contributed by atoms with Crippen LogP contribution >= 0.6 is 11.6 Å². The first-order valence-electron chi connectivity index (χ1n) is 10.8. The van der Waals surface area contributed by atoms with Gasteiger partial charge in [-0.15, -0.1) is 0 Å². The highest BCUT2D eigenvalue weighted by Gasteiger charge is 2.16. The Balaban J connectivity index is 1.62. The van der Waals surface area contributed by atoms with Gasteiger partial charge in [-0.2, -0.15) is 5.10 Å². The standard InChI is InChI=1S/C25H21ClF2N4O5/c1-2-36-21-12-15(13-29-32-25(35)24(34)31-20-10-6-4-8-18(20)28)11-16(26)23(21)37-14-22(33)30-19-9-5-3-7-17(19)27/h3-13H,2,14H2,1H3,(H,30,33)(H,31,34)(H,32,35)/b29-13-. The Bertz CT molecular complexity index is 1340. The number of para-hydroxylation sites is 2. The van der Waals surface area contributed by atoms with Crippen LogP contribution in [0.3, 0.4) is 0 Å². The lowest BCUT2D eigenvalue weighted by Gasteiger charge is -2.14. The summed E-state index contributed by atoms with van der Waals surface area (Å²) in [5, 5.41) is 8.28. The fourth-order valence-electron chi connectivity index (χ4n) is 2.91. The topological polar surface area (TPSA) is 118 Å². The van der Waals surface area contributed by atoms with E-state index in [1.54, 1.807) is 13.0 Å². The van der Waals surface area contributed by atoms with E-state index >= 15 is 0 Å². The number of hydrazone groups is 1. The van der Waals surface area contributed by atoms with Gasteiger partial charge in [-0.05, 0) is 48.9 Å². The number of halogens is 3. The van der Waals surface area contributed by atoms with E-state index in [9.17, 15) is 23.2 Å². The highest BCUT2D eigenvalue weighted by atomic mass is 35.5. The minimum Gasteiger partial charge on any atom is -0.490 e. The minimum atomic E-state index is -1.13. The molecule has 192 valence electrons. The largest absolute Gasteiger partial charge is 0.490 e. The molecule has 3 aromatic rings. The zero-order chi connectivity index (χ0) is 26.8. The first-order valence-corrected chi connectivity index (χ1v) is 11.2. The molecule has 0 saturated heterocycles. The Labute approximate surface area is 215 Å². The summed E-state index contributed by atoms with van der Waals surface area (Å²) in [6.45, 7) is 1.48. The minimum absolute atomic E-state index is 0.00317. The molecule has 0 atom stereocenters. The Hall–Kier alpha value is -4.51. The monoisotopic (exact) mass is 530 g/mol. The van der Waals surface area contributed by atoms with Crippen molar-refractivity contribution in [1.82, 2.24) is 5.43 Å². The van der Waals surface area contributed by atoms with Gasteiger partial charge in [-0.3, -0.25) is 14.4 Å². The van der Waals surface area contributed by atoms with Gasteiger partial charge in [0.15, 0.2) is 18.1 Å². The number of ether oxygens (including phenoxy) is 2. The van der Waals surface area contributed by atoms with Crippen LogP contribution in [0.1, 0.15) is 12.5 Å². The van der Waals surface area contributed by atoms with Gasteiger partial charge in [-0.25, -0.2) is 14.2 Å². The van der Waals surface area contributed by atoms with Gasteiger partial charge in [0.1, 0.15) is 11.6 Å². The number of carbonyl (C=O) groups is 3. The number of benzene rings is 3. The summed E-state index contributed by atoms with van der Waals surface area (Å²) < 4.78 is 38.4.